The van der Waals surface area contributed by atoms with Gasteiger partial charge in [-0.25, -0.2) is 0 Å². The summed E-state index contributed by atoms with van der Waals surface area (Å²) in [6.45, 7) is 0. The number of rotatable bonds is 3. The molecule has 2 aromatic heterocycles. The minimum absolute atomic E-state index is 0.209. The van der Waals surface area contributed by atoms with E-state index >= 15 is 0 Å². The molecule has 1 N–H and O–H groups in total. The molecule has 2 heterocycles. The summed E-state index contributed by atoms with van der Waals surface area (Å²) < 4.78 is 1.86. The van der Waals surface area contributed by atoms with Crippen LogP contribution in [-0.4, -0.2) is 25.9 Å². The molecule has 0 aliphatic rings. The van der Waals surface area contributed by atoms with Crippen LogP contribution in [0, 0.1) is 0 Å². The van der Waals surface area contributed by atoms with Gasteiger partial charge in [0.2, 0.25) is 0 Å². The van der Waals surface area contributed by atoms with Gasteiger partial charge in [-0.1, -0.05) is 24.3 Å². The van der Waals surface area contributed by atoms with Crippen molar-refractivity contribution in [1.82, 2.24) is 20.0 Å². The van der Waals surface area contributed by atoms with Crippen LogP contribution in [0.5, 0.6) is 0 Å². The van der Waals surface area contributed by atoms with Crippen LogP contribution >= 0.6 is 0 Å². The zero-order valence-electron chi connectivity index (χ0n) is 13.5. The first kappa shape index (κ1) is 15.0. The first-order chi connectivity index (χ1) is 12.2. The second-order valence-corrected chi connectivity index (χ2v) is 5.70. The van der Waals surface area contributed by atoms with E-state index in [1.165, 1.54) is 12.4 Å². The summed E-state index contributed by atoms with van der Waals surface area (Å²) in [6.07, 6.45) is 4.78. The van der Waals surface area contributed by atoms with Crippen LogP contribution in [0.1, 0.15) is 10.4 Å². The highest BCUT2D eigenvalue weighted by atomic mass is 16.1. The molecule has 1 amide bonds. The Morgan fingerprint density at radius 2 is 1.76 bits per heavy atom. The fraction of sp³-hybridized carbons (Fsp3) is 0.0526. The number of carbonyl (C=O) groups is 1. The summed E-state index contributed by atoms with van der Waals surface area (Å²) >= 11 is 0. The number of aromatic nitrogens is 4. The van der Waals surface area contributed by atoms with Gasteiger partial charge in [-0.3, -0.25) is 9.48 Å². The summed E-state index contributed by atoms with van der Waals surface area (Å²) in [5.74, 6) is -0.209. The van der Waals surface area contributed by atoms with Crippen molar-refractivity contribution in [1.29, 1.82) is 0 Å². The van der Waals surface area contributed by atoms with Crippen molar-refractivity contribution in [3.05, 3.63) is 72.7 Å². The predicted molar refractivity (Wildman–Crippen MR) is 96.1 cm³/mol. The molecular formula is C19H15N5O. The average Bonchev–Trinajstić information content (AvgIpc) is 3.03. The summed E-state index contributed by atoms with van der Waals surface area (Å²) in [5.41, 5.74) is 4.46. The number of hydrogen-bond acceptors (Lipinski definition) is 4. The Balaban J connectivity index is 1.57. The van der Waals surface area contributed by atoms with Gasteiger partial charge < -0.3 is 5.32 Å². The molecule has 0 unspecified atom stereocenters. The monoisotopic (exact) mass is 329 g/mol. The predicted octanol–water partition coefficient (Wildman–Crippen LogP) is 3.28. The summed E-state index contributed by atoms with van der Waals surface area (Å²) in [4.78, 5) is 12.1. The van der Waals surface area contributed by atoms with E-state index in [1.54, 1.807) is 6.07 Å². The largest absolute Gasteiger partial charge is 0.322 e. The lowest BCUT2D eigenvalue weighted by molar-refractivity contribution is 0.102. The highest BCUT2D eigenvalue weighted by molar-refractivity contribution is 6.04. The lowest BCUT2D eigenvalue weighted by atomic mass is 10.0. The Hall–Kier alpha value is -3.54. The van der Waals surface area contributed by atoms with Crippen LogP contribution in [0.3, 0.4) is 0 Å². The molecule has 0 bridgehead atoms. The lowest BCUT2D eigenvalue weighted by Gasteiger charge is -2.07. The first-order valence-corrected chi connectivity index (χ1v) is 7.81. The van der Waals surface area contributed by atoms with Crippen molar-refractivity contribution in [3.8, 4) is 11.1 Å². The summed E-state index contributed by atoms with van der Waals surface area (Å²) in [6, 6.07) is 15.6. The van der Waals surface area contributed by atoms with Gasteiger partial charge in [-0.05, 0) is 35.4 Å². The molecule has 0 fully saturated rings. The average molecular weight is 329 g/mol. The number of nitrogens with one attached hydrogen (secondary N) is 1. The van der Waals surface area contributed by atoms with Gasteiger partial charge in [-0.15, -0.1) is 0 Å². The van der Waals surface area contributed by atoms with Crippen LogP contribution in [-0.2, 0) is 7.05 Å². The molecule has 0 aliphatic heterocycles. The molecule has 4 rings (SSSR count). The highest BCUT2D eigenvalue weighted by Gasteiger charge is 2.07. The highest BCUT2D eigenvalue weighted by Crippen LogP contribution is 2.25. The number of nitrogens with zero attached hydrogens (tertiary/aromatic N) is 4. The van der Waals surface area contributed by atoms with Crippen molar-refractivity contribution in [2.24, 2.45) is 7.05 Å². The number of anilines is 1. The van der Waals surface area contributed by atoms with Crippen molar-refractivity contribution in [2.75, 3.05) is 5.32 Å². The lowest BCUT2D eigenvalue weighted by Crippen LogP contribution is -2.12. The zero-order valence-corrected chi connectivity index (χ0v) is 13.5. The van der Waals surface area contributed by atoms with Gasteiger partial charge in [0.05, 0.1) is 29.7 Å². The van der Waals surface area contributed by atoms with E-state index in [4.69, 9.17) is 0 Å². The van der Waals surface area contributed by atoms with E-state index in [0.717, 1.165) is 27.7 Å². The summed E-state index contributed by atoms with van der Waals surface area (Å²) in [7, 11) is 1.93. The second-order valence-electron chi connectivity index (χ2n) is 5.70. The van der Waals surface area contributed by atoms with E-state index in [2.05, 4.69) is 38.8 Å². The van der Waals surface area contributed by atoms with Crippen LogP contribution < -0.4 is 5.32 Å². The third-order valence-electron chi connectivity index (χ3n) is 4.07. The minimum Gasteiger partial charge on any atom is -0.322 e. The van der Waals surface area contributed by atoms with E-state index in [0.29, 0.717) is 5.56 Å². The van der Waals surface area contributed by atoms with E-state index < -0.39 is 0 Å². The molecule has 0 saturated carbocycles. The van der Waals surface area contributed by atoms with Crippen LogP contribution in [0.4, 0.5) is 5.69 Å². The molecule has 2 aromatic carbocycles. The van der Waals surface area contributed by atoms with Gasteiger partial charge in [0.25, 0.3) is 5.91 Å². The molecular weight excluding hydrogens is 314 g/mol. The summed E-state index contributed by atoms with van der Waals surface area (Å²) in [5, 5.41) is 15.6. The van der Waals surface area contributed by atoms with Crippen LogP contribution in [0.25, 0.3) is 22.0 Å². The Bertz CT molecular complexity index is 1040. The van der Waals surface area contributed by atoms with Crippen molar-refractivity contribution >= 4 is 22.5 Å². The second kappa shape index (κ2) is 6.16. The number of fused-ring (bicyclic) bond motifs is 1. The Labute approximate surface area is 144 Å². The smallest absolute Gasteiger partial charge is 0.257 e. The number of amides is 1. The number of benzene rings is 2. The first-order valence-electron chi connectivity index (χ1n) is 7.81. The number of aryl methyl sites for hydroxylation is 1. The van der Waals surface area contributed by atoms with Gasteiger partial charge in [0.1, 0.15) is 0 Å². The molecule has 4 aromatic rings. The maximum absolute atomic E-state index is 12.1. The van der Waals surface area contributed by atoms with E-state index in [9.17, 15) is 4.79 Å². The van der Waals surface area contributed by atoms with Gasteiger partial charge >= 0.3 is 0 Å². The van der Waals surface area contributed by atoms with Crippen molar-refractivity contribution in [3.63, 3.8) is 0 Å². The standard InChI is InChI=1S/C19H15N5O/c1-24-18-10-14(2-3-15(18)12-22-24)13-4-6-17(7-5-13)23-19(25)16-8-9-20-21-11-16/h2-12H,1H3,(H,23,25). The molecule has 0 atom stereocenters. The SMILES string of the molecule is Cn1ncc2ccc(-c3ccc(NC(=O)c4ccnnc4)cc3)cc21. The molecule has 0 saturated heterocycles. The zero-order chi connectivity index (χ0) is 17.2. The van der Waals surface area contributed by atoms with E-state index in [1.807, 2.05) is 42.2 Å². The van der Waals surface area contributed by atoms with Crippen LogP contribution in [0.15, 0.2) is 67.1 Å². The van der Waals surface area contributed by atoms with Crippen molar-refractivity contribution in [2.45, 2.75) is 0 Å². The topological polar surface area (TPSA) is 72.7 Å². The number of hydrogen-bond donors (Lipinski definition) is 1. The molecule has 6 nitrogen and oxygen atoms in total. The van der Waals surface area contributed by atoms with Gasteiger partial charge in [0.15, 0.2) is 0 Å². The Kier molecular flexibility index (Phi) is 3.70. The van der Waals surface area contributed by atoms with E-state index in [-0.39, 0.29) is 5.91 Å². The number of carbonyl (C=O) groups excluding carboxylic acids is 1. The Morgan fingerprint density at radius 3 is 2.52 bits per heavy atom. The maximum atomic E-state index is 12.1. The Morgan fingerprint density at radius 1 is 0.960 bits per heavy atom. The third-order valence-corrected chi connectivity index (χ3v) is 4.07. The van der Waals surface area contributed by atoms with Gasteiger partial charge in [-0.2, -0.15) is 15.3 Å². The molecule has 122 valence electrons. The third kappa shape index (κ3) is 2.97. The molecule has 0 radical (unpaired) electrons. The van der Waals surface area contributed by atoms with Crippen LogP contribution in [0.2, 0.25) is 0 Å². The molecule has 0 aliphatic carbocycles. The molecule has 25 heavy (non-hydrogen) atoms. The fourth-order valence-electron chi connectivity index (χ4n) is 2.70. The molecule has 6 heteroatoms. The quantitative estimate of drug-likeness (QED) is 0.626. The normalized spacial score (nSPS) is 10.8. The maximum Gasteiger partial charge on any atom is 0.257 e. The fourth-order valence-corrected chi connectivity index (χ4v) is 2.70. The van der Waals surface area contributed by atoms with Gasteiger partial charge in [0, 0.05) is 18.1 Å². The minimum atomic E-state index is -0.209. The van der Waals surface area contributed by atoms with Crippen molar-refractivity contribution < 1.29 is 4.79 Å². The molecule has 0 spiro atoms.